The van der Waals surface area contributed by atoms with Crippen LogP contribution in [0.15, 0.2) is 0 Å². The summed E-state index contributed by atoms with van der Waals surface area (Å²) in [5.41, 5.74) is 0. The third-order valence-electron chi connectivity index (χ3n) is 0.686. The molecule has 0 aliphatic rings. The van der Waals surface area contributed by atoms with E-state index >= 15 is 0 Å². The van der Waals surface area contributed by atoms with E-state index in [1.807, 2.05) is 6.92 Å². The Labute approximate surface area is 56.9 Å². The zero-order valence-electron chi connectivity index (χ0n) is 6.52. The van der Waals surface area contributed by atoms with Crippen molar-refractivity contribution in [3.8, 4) is 0 Å². The van der Waals surface area contributed by atoms with Gasteiger partial charge in [-0.25, -0.2) is 4.39 Å². The quantitative estimate of drug-likeness (QED) is 0.616. The van der Waals surface area contributed by atoms with Crippen molar-refractivity contribution in [2.24, 2.45) is 0 Å². The van der Waals surface area contributed by atoms with Crippen LogP contribution >= 0.6 is 0 Å². The van der Waals surface area contributed by atoms with Gasteiger partial charge in [0.15, 0.2) is 0 Å². The van der Waals surface area contributed by atoms with Crippen molar-refractivity contribution in [3.63, 3.8) is 0 Å². The Morgan fingerprint density at radius 1 is 1.44 bits per heavy atom. The summed E-state index contributed by atoms with van der Waals surface area (Å²) in [6.45, 7) is 5.50. The second-order valence-corrected chi connectivity index (χ2v) is 1.89. The SMILES string of the molecule is CCCC(C)F.CCO. The lowest BCUT2D eigenvalue weighted by Crippen LogP contribution is -1.87. The molecule has 0 saturated heterocycles. The van der Waals surface area contributed by atoms with Gasteiger partial charge in [-0.2, -0.15) is 0 Å². The van der Waals surface area contributed by atoms with Crippen LogP contribution in [0.4, 0.5) is 4.39 Å². The summed E-state index contributed by atoms with van der Waals surface area (Å²) < 4.78 is 11.7. The zero-order valence-corrected chi connectivity index (χ0v) is 6.52. The van der Waals surface area contributed by atoms with E-state index in [9.17, 15) is 4.39 Å². The largest absolute Gasteiger partial charge is 0.397 e. The predicted molar refractivity (Wildman–Crippen MR) is 38.2 cm³/mol. The molecule has 0 heterocycles. The Morgan fingerprint density at radius 3 is 1.78 bits per heavy atom. The first kappa shape index (κ1) is 11.7. The highest BCUT2D eigenvalue weighted by atomic mass is 19.1. The Hall–Kier alpha value is -0.110. The molecule has 1 N–H and O–H groups in total. The first-order chi connectivity index (χ1) is 4.18. The average molecular weight is 136 g/mol. The van der Waals surface area contributed by atoms with E-state index in [2.05, 4.69) is 0 Å². The molecule has 0 amide bonds. The third kappa shape index (κ3) is 32.8. The molecule has 0 aromatic heterocycles. The highest BCUT2D eigenvalue weighted by Gasteiger charge is 1.90. The molecule has 0 spiro atoms. The van der Waals surface area contributed by atoms with Gasteiger partial charge in [-0.15, -0.1) is 0 Å². The molecule has 0 aromatic rings. The van der Waals surface area contributed by atoms with E-state index in [0.29, 0.717) is 6.42 Å². The lowest BCUT2D eigenvalue weighted by molar-refractivity contribution is 0.318. The van der Waals surface area contributed by atoms with Crippen LogP contribution in [-0.2, 0) is 0 Å². The van der Waals surface area contributed by atoms with Crippen molar-refractivity contribution in [3.05, 3.63) is 0 Å². The van der Waals surface area contributed by atoms with Crippen LogP contribution in [0.25, 0.3) is 0 Å². The minimum atomic E-state index is -0.602. The summed E-state index contributed by atoms with van der Waals surface area (Å²) in [6.07, 6.45) is 1.06. The van der Waals surface area contributed by atoms with Crippen molar-refractivity contribution in [1.82, 2.24) is 0 Å². The van der Waals surface area contributed by atoms with Crippen LogP contribution < -0.4 is 0 Å². The monoisotopic (exact) mass is 136 g/mol. The maximum absolute atomic E-state index is 11.7. The summed E-state index contributed by atoms with van der Waals surface area (Å²) in [4.78, 5) is 0. The van der Waals surface area contributed by atoms with Crippen LogP contribution in [0.1, 0.15) is 33.6 Å². The minimum absolute atomic E-state index is 0.250. The molecule has 2 heteroatoms. The summed E-state index contributed by atoms with van der Waals surface area (Å²) in [5, 5.41) is 7.57. The van der Waals surface area contributed by atoms with Gasteiger partial charge < -0.3 is 5.11 Å². The molecular weight excluding hydrogens is 119 g/mol. The van der Waals surface area contributed by atoms with E-state index in [4.69, 9.17) is 5.11 Å². The zero-order chi connectivity index (χ0) is 7.70. The number of rotatable bonds is 2. The van der Waals surface area contributed by atoms with Gasteiger partial charge in [0.2, 0.25) is 0 Å². The van der Waals surface area contributed by atoms with Crippen LogP contribution in [0.5, 0.6) is 0 Å². The summed E-state index contributed by atoms with van der Waals surface area (Å²) in [6, 6.07) is 0. The molecule has 0 fully saturated rings. The van der Waals surface area contributed by atoms with Crippen molar-refractivity contribution in [1.29, 1.82) is 0 Å². The van der Waals surface area contributed by atoms with Crippen molar-refractivity contribution < 1.29 is 9.50 Å². The lowest BCUT2D eigenvalue weighted by Gasteiger charge is -1.91. The van der Waals surface area contributed by atoms with E-state index in [1.165, 1.54) is 0 Å². The van der Waals surface area contributed by atoms with Crippen LogP contribution in [0.2, 0.25) is 0 Å². The minimum Gasteiger partial charge on any atom is -0.397 e. The maximum atomic E-state index is 11.7. The van der Waals surface area contributed by atoms with Gasteiger partial charge in [-0.05, 0) is 20.3 Å². The highest BCUT2D eigenvalue weighted by Crippen LogP contribution is 1.97. The first-order valence-electron chi connectivity index (χ1n) is 3.43. The molecule has 0 rings (SSSR count). The van der Waals surface area contributed by atoms with E-state index in [-0.39, 0.29) is 6.61 Å². The lowest BCUT2D eigenvalue weighted by atomic mass is 10.2. The highest BCUT2D eigenvalue weighted by molar-refractivity contribution is 4.41. The number of aliphatic hydroxyl groups excluding tert-OH is 1. The van der Waals surface area contributed by atoms with Crippen molar-refractivity contribution >= 4 is 0 Å². The fourth-order valence-corrected chi connectivity index (χ4v) is 0.398. The molecule has 0 aromatic carbocycles. The first-order valence-corrected chi connectivity index (χ1v) is 3.43. The van der Waals surface area contributed by atoms with Crippen LogP contribution in [0.3, 0.4) is 0 Å². The Bertz CT molecular complexity index is 37.9. The topological polar surface area (TPSA) is 20.2 Å². The second kappa shape index (κ2) is 10.8. The van der Waals surface area contributed by atoms with E-state index in [0.717, 1.165) is 6.42 Å². The fraction of sp³-hybridized carbons (Fsp3) is 1.00. The van der Waals surface area contributed by atoms with Crippen molar-refractivity contribution in [2.75, 3.05) is 6.61 Å². The van der Waals surface area contributed by atoms with Gasteiger partial charge in [0, 0.05) is 6.61 Å². The van der Waals surface area contributed by atoms with E-state index in [1.54, 1.807) is 13.8 Å². The van der Waals surface area contributed by atoms with Crippen LogP contribution in [0, 0.1) is 0 Å². The molecule has 0 aliphatic heterocycles. The molecule has 9 heavy (non-hydrogen) atoms. The standard InChI is InChI=1S/C5H11F.C2H6O/c1-3-4-5(2)6;1-2-3/h5H,3-4H2,1-2H3;3H,2H2,1H3. The summed E-state index contributed by atoms with van der Waals surface area (Å²) in [5.74, 6) is 0. The van der Waals surface area contributed by atoms with Gasteiger partial charge in [-0.1, -0.05) is 13.3 Å². The molecule has 0 radical (unpaired) electrons. The normalized spacial score (nSPS) is 11.7. The van der Waals surface area contributed by atoms with Gasteiger partial charge in [0.1, 0.15) is 0 Å². The van der Waals surface area contributed by atoms with Crippen molar-refractivity contribution in [2.45, 2.75) is 39.8 Å². The number of hydrogen-bond acceptors (Lipinski definition) is 1. The number of alkyl halides is 1. The molecule has 1 nitrogen and oxygen atoms in total. The van der Waals surface area contributed by atoms with Crippen LogP contribution in [-0.4, -0.2) is 17.9 Å². The molecule has 0 aliphatic carbocycles. The summed E-state index contributed by atoms with van der Waals surface area (Å²) in [7, 11) is 0. The van der Waals surface area contributed by atoms with Gasteiger partial charge in [-0.3, -0.25) is 0 Å². The number of halogens is 1. The molecular formula is C7H17FO. The molecule has 58 valence electrons. The molecule has 0 bridgehead atoms. The van der Waals surface area contributed by atoms with Gasteiger partial charge in [0.25, 0.3) is 0 Å². The maximum Gasteiger partial charge on any atom is 0.0973 e. The smallest absolute Gasteiger partial charge is 0.0973 e. The molecule has 1 atom stereocenters. The van der Waals surface area contributed by atoms with E-state index < -0.39 is 6.17 Å². The predicted octanol–water partition coefficient (Wildman–Crippen LogP) is 2.14. The Kier molecular flexibility index (Phi) is 14.0. The molecule has 0 saturated carbocycles. The second-order valence-electron chi connectivity index (χ2n) is 1.89. The number of aliphatic hydroxyl groups is 1. The molecule has 1 unspecified atom stereocenters. The third-order valence-corrected chi connectivity index (χ3v) is 0.686. The van der Waals surface area contributed by atoms with Gasteiger partial charge in [0.05, 0.1) is 6.17 Å². The number of hydrogen-bond donors (Lipinski definition) is 1. The average Bonchev–Trinajstić information content (AvgIpc) is 1.67. The Balaban J connectivity index is 0. The van der Waals surface area contributed by atoms with Gasteiger partial charge >= 0.3 is 0 Å². The Morgan fingerprint density at radius 2 is 1.78 bits per heavy atom. The summed E-state index contributed by atoms with van der Waals surface area (Å²) >= 11 is 0. The fourth-order valence-electron chi connectivity index (χ4n) is 0.398.